The lowest BCUT2D eigenvalue weighted by atomic mass is 9.89. The van der Waals surface area contributed by atoms with Crippen molar-refractivity contribution in [1.82, 2.24) is 4.98 Å². The maximum absolute atomic E-state index is 15.0. The number of halogens is 7. The summed E-state index contributed by atoms with van der Waals surface area (Å²) in [6.45, 7) is -2.05. The molecule has 0 spiro atoms. The Morgan fingerprint density at radius 2 is 1.53 bits per heavy atom. The van der Waals surface area contributed by atoms with Crippen molar-refractivity contribution < 1.29 is 35.5 Å². The van der Waals surface area contributed by atoms with Gasteiger partial charge < -0.3 is 10.5 Å². The lowest BCUT2D eigenvalue weighted by Crippen LogP contribution is -2.31. The average molecular weight is 458 g/mol. The van der Waals surface area contributed by atoms with Gasteiger partial charge in [-0.1, -0.05) is 24.3 Å². The van der Waals surface area contributed by atoms with Gasteiger partial charge in [-0.25, -0.2) is 8.78 Å². The number of hydrogen-bond donors (Lipinski definition) is 1. The first-order valence-electron chi connectivity index (χ1n) is 9.30. The van der Waals surface area contributed by atoms with Gasteiger partial charge in [0.2, 0.25) is 0 Å². The molecule has 0 aliphatic rings. The molecule has 2 N–H and O–H groups in total. The number of nitrogens with two attached hydrogens (primary N) is 1. The molecule has 2 aromatic carbocycles. The van der Waals surface area contributed by atoms with E-state index in [1.165, 1.54) is 30.3 Å². The Bertz CT molecular complexity index is 1050. The predicted molar refractivity (Wildman–Crippen MR) is 103 cm³/mol. The largest absolute Gasteiger partial charge is 0.484 e. The van der Waals surface area contributed by atoms with Crippen molar-refractivity contribution in [1.29, 1.82) is 0 Å². The molecule has 0 radical (unpaired) electrons. The minimum atomic E-state index is -4.47. The Morgan fingerprint density at radius 1 is 0.875 bits per heavy atom. The number of rotatable bonds is 7. The van der Waals surface area contributed by atoms with E-state index in [-0.39, 0.29) is 5.75 Å². The average Bonchev–Trinajstić information content (AvgIpc) is 2.74. The zero-order valence-electron chi connectivity index (χ0n) is 16.3. The fourth-order valence-corrected chi connectivity index (χ4v) is 3.10. The molecule has 10 heteroatoms. The van der Waals surface area contributed by atoms with Crippen molar-refractivity contribution in [2.24, 2.45) is 5.73 Å². The maximum Gasteiger partial charge on any atom is 0.422 e. The Balaban J connectivity index is 1.80. The molecule has 0 fully saturated rings. The van der Waals surface area contributed by atoms with Crippen LogP contribution in [0.5, 0.6) is 5.75 Å². The summed E-state index contributed by atoms with van der Waals surface area (Å²) in [7, 11) is 0. The normalized spacial score (nSPS) is 13.1. The van der Waals surface area contributed by atoms with E-state index >= 15 is 8.78 Å². The van der Waals surface area contributed by atoms with Crippen LogP contribution in [0.15, 0.2) is 60.8 Å². The first kappa shape index (κ1) is 23.5. The van der Waals surface area contributed by atoms with Gasteiger partial charge in [0.25, 0.3) is 5.92 Å². The van der Waals surface area contributed by atoms with E-state index in [2.05, 4.69) is 9.72 Å². The minimum Gasteiger partial charge on any atom is -0.484 e. The van der Waals surface area contributed by atoms with Crippen molar-refractivity contribution in [3.63, 3.8) is 0 Å². The van der Waals surface area contributed by atoms with Crippen LogP contribution in [0.4, 0.5) is 30.7 Å². The third-order valence-electron chi connectivity index (χ3n) is 4.71. The smallest absolute Gasteiger partial charge is 0.422 e. The second-order valence-electron chi connectivity index (χ2n) is 6.94. The highest BCUT2D eigenvalue weighted by Gasteiger charge is 2.44. The molecular formula is C22H17F7N2O. The Hall–Kier alpha value is -3.14. The molecule has 0 saturated carbocycles. The van der Waals surface area contributed by atoms with Crippen LogP contribution in [-0.2, 0) is 5.92 Å². The molecule has 170 valence electrons. The molecule has 0 amide bonds. The quantitative estimate of drug-likeness (QED) is 0.455. The number of ether oxygens (including phenoxy) is 1. The number of pyridine rings is 1. The Morgan fingerprint density at radius 3 is 2.06 bits per heavy atom. The van der Waals surface area contributed by atoms with Crippen LogP contribution in [0.25, 0.3) is 11.1 Å². The van der Waals surface area contributed by atoms with Gasteiger partial charge in [-0.05, 0) is 35.4 Å². The molecular weight excluding hydrogens is 441 g/mol. The summed E-state index contributed by atoms with van der Waals surface area (Å²) >= 11 is 0. The standard InChI is InChI=1S/C22H17F7N2O/c23-15-4-7-17(19(24)9-15)18(10-30)22(28,29)20-8-3-14(11-31-20)13-1-5-16(6-2-13)32-12-21(25,26)27/h1-9,11,18H,10,12,30H2. The molecule has 0 saturated heterocycles. The van der Waals surface area contributed by atoms with E-state index in [0.717, 1.165) is 24.4 Å². The maximum atomic E-state index is 15.0. The third-order valence-corrected chi connectivity index (χ3v) is 4.71. The van der Waals surface area contributed by atoms with Crippen molar-refractivity contribution >= 4 is 0 Å². The molecule has 32 heavy (non-hydrogen) atoms. The van der Waals surface area contributed by atoms with Gasteiger partial charge >= 0.3 is 6.18 Å². The van der Waals surface area contributed by atoms with E-state index < -0.39 is 54.1 Å². The summed E-state index contributed by atoms with van der Waals surface area (Å²) in [4.78, 5) is 3.78. The molecule has 0 aliphatic carbocycles. The van der Waals surface area contributed by atoms with E-state index in [4.69, 9.17) is 5.73 Å². The fraction of sp³-hybridized carbons (Fsp3) is 0.227. The second kappa shape index (κ2) is 9.15. The Kier molecular flexibility index (Phi) is 6.73. The molecule has 3 nitrogen and oxygen atoms in total. The summed E-state index contributed by atoms with van der Waals surface area (Å²) in [6, 6.07) is 10.2. The Labute approximate surface area is 178 Å². The first-order chi connectivity index (χ1) is 15.0. The molecule has 0 aliphatic heterocycles. The van der Waals surface area contributed by atoms with Crippen LogP contribution in [0.1, 0.15) is 17.2 Å². The van der Waals surface area contributed by atoms with E-state index in [0.29, 0.717) is 17.2 Å². The summed E-state index contributed by atoms with van der Waals surface area (Å²) < 4.78 is 98.5. The first-order valence-corrected chi connectivity index (χ1v) is 9.30. The molecule has 1 unspecified atom stereocenters. The highest BCUT2D eigenvalue weighted by molar-refractivity contribution is 5.63. The number of alkyl halides is 5. The van der Waals surface area contributed by atoms with Gasteiger partial charge in [0.15, 0.2) is 6.61 Å². The highest BCUT2D eigenvalue weighted by Crippen LogP contribution is 2.42. The van der Waals surface area contributed by atoms with Crippen LogP contribution in [0.3, 0.4) is 0 Å². The summed E-state index contributed by atoms with van der Waals surface area (Å²) in [5.74, 6) is -7.46. The van der Waals surface area contributed by atoms with Gasteiger partial charge in [-0.2, -0.15) is 22.0 Å². The zero-order valence-corrected chi connectivity index (χ0v) is 16.3. The van der Waals surface area contributed by atoms with Crippen molar-refractivity contribution in [3.05, 3.63) is 83.7 Å². The number of benzene rings is 2. The minimum absolute atomic E-state index is 0.00528. The number of nitrogens with zero attached hydrogens (tertiary/aromatic N) is 1. The monoisotopic (exact) mass is 458 g/mol. The van der Waals surface area contributed by atoms with Crippen LogP contribution in [0, 0.1) is 11.6 Å². The predicted octanol–water partition coefficient (Wildman–Crippen LogP) is 5.80. The van der Waals surface area contributed by atoms with Gasteiger partial charge in [-0.3, -0.25) is 4.98 Å². The molecule has 0 bridgehead atoms. The van der Waals surface area contributed by atoms with E-state index in [1.54, 1.807) is 0 Å². The van der Waals surface area contributed by atoms with Crippen LogP contribution < -0.4 is 10.5 Å². The topological polar surface area (TPSA) is 48.1 Å². The summed E-state index contributed by atoms with van der Waals surface area (Å²) in [5.41, 5.74) is 5.31. The van der Waals surface area contributed by atoms with Crippen LogP contribution >= 0.6 is 0 Å². The summed E-state index contributed by atoms with van der Waals surface area (Å²) in [6.07, 6.45) is -3.31. The van der Waals surface area contributed by atoms with Crippen LogP contribution in [-0.4, -0.2) is 24.3 Å². The van der Waals surface area contributed by atoms with Crippen molar-refractivity contribution in [2.75, 3.05) is 13.2 Å². The van der Waals surface area contributed by atoms with E-state index in [9.17, 15) is 22.0 Å². The lowest BCUT2D eigenvalue weighted by Gasteiger charge is -2.26. The van der Waals surface area contributed by atoms with E-state index in [1.807, 2.05) is 0 Å². The summed E-state index contributed by atoms with van der Waals surface area (Å²) in [5, 5.41) is 0. The molecule has 3 aromatic rings. The van der Waals surface area contributed by atoms with Crippen molar-refractivity contribution in [3.8, 4) is 16.9 Å². The molecule has 1 aromatic heterocycles. The van der Waals surface area contributed by atoms with Gasteiger partial charge in [0.1, 0.15) is 23.1 Å². The molecule has 3 rings (SSSR count). The number of hydrogen-bond acceptors (Lipinski definition) is 3. The SMILES string of the molecule is NCC(c1ccc(F)cc1F)C(F)(F)c1ccc(-c2ccc(OCC(F)(F)F)cc2)cn1. The molecule has 1 atom stereocenters. The second-order valence-corrected chi connectivity index (χ2v) is 6.94. The third kappa shape index (κ3) is 5.37. The van der Waals surface area contributed by atoms with Crippen LogP contribution in [0.2, 0.25) is 0 Å². The van der Waals surface area contributed by atoms with Gasteiger partial charge in [0.05, 0.1) is 5.92 Å². The lowest BCUT2D eigenvalue weighted by molar-refractivity contribution is -0.153. The molecule has 1 heterocycles. The van der Waals surface area contributed by atoms with Crippen molar-refractivity contribution in [2.45, 2.75) is 18.0 Å². The zero-order chi connectivity index (χ0) is 23.5. The van der Waals surface area contributed by atoms with Gasteiger partial charge in [-0.15, -0.1) is 0 Å². The van der Waals surface area contributed by atoms with Gasteiger partial charge in [0, 0.05) is 24.4 Å². The highest BCUT2D eigenvalue weighted by atomic mass is 19.4. The fourth-order valence-electron chi connectivity index (χ4n) is 3.10. The number of aromatic nitrogens is 1.